The largest absolute Gasteiger partial charge is 0.495 e. The molecule has 0 saturated heterocycles. The van der Waals surface area contributed by atoms with E-state index in [0.717, 1.165) is 10.1 Å². The number of nitrogens with zero attached hydrogens (tertiary/aromatic N) is 3. The molecule has 0 aliphatic heterocycles. The lowest BCUT2D eigenvalue weighted by atomic mass is 10.1. The maximum absolute atomic E-state index is 12.8. The second-order valence-electron chi connectivity index (χ2n) is 7.09. The summed E-state index contributed by atoms with van der Waals surface area (Å²) in [5.41, 5.74) is 0.431. The van der Waals surface area contributed by atoms with Crippen molar-refractivity contribution in [1.29, 1.82) is 0 Å². The lowest BCUT2D eigenvalue weighted by Crippen LogP contribution is -2.31. The molecule has 1 amide bonds. The molecule has 1 aromatic heterocycles. The Labute approximate surface area is 186 Å². The van der Waals surface area contributed by atoms with Crippen LogP contribution in [0.3, 0.4) is 0 Å². The number of anilines is 1. The van der Waals surface area contributed by atoms with E-state index >= 15 is 0 Å². The maximum atomic E-state index is 12.8. The monoisotopic (exact) mass is 458 g/mol. The third kappa shape index (κ3) is 4.51. The van der Waals surface area contributed by atoms with Crippen LogP contribution < -0.4 is 15.6 Å². The molecule has 10 heteroatoms. The van der Waals surface area contributed by atoms with Crippen LogP contribution in [0.4, 0.5) is 5.69 Å². The number of ether oxygens (including phenoxy) is 1. The Bertz CT molecular complexity index is 1310. The molecule has 0 saturated carbocycles. The van der Waals surface area contributed by atoms with Gasteiger partial charge in [-0.1, -0.05) is 32.0 Å². The second kappa shape index (κ2) is 9.49. The number of aromatic nitrogens is 2. The fourth-order valence-electron chi connectivity index (χ4n) is 3.50. The Balaban J connectivity index is 1.92. The minimum atomic E-state index is -3.72. The zero-order chi connectivity index (χ0) is 23.5. The average Bonchev–Trinajstić information content (AvgIpc) is 2.78. The van der Waals surface area contributed by atoms with Gasteiger partial charge in [-0.2, -0.15) is 9.40 Å². The lowest BCUT2D eigenvalue weighted by Gasteiger charge is -2.19. The van der Waals surface area contributed by atoms with E-state index < -0.39 is 15.9 Å². The summed E-state index contributed by atoms with van der Waals surface area (Å²) >= 11 is 0. The van der Waals surface area contributed by atoms with Gasteiger partial charge in [0.2, 0.25) is 15.9 Å². The van der Waals surface area contributed by atoms with Crippen LogP contribution in [-0.2, 0) is 21.4 Å². The van der Waals surface area contributed by atoms with Crippen LogP contribution in [-0.4, -0.2) is 48.6 Å². The van der Waals surface area contributed by atoms with E-state index in [9.17, 15) is 18.0 Å². The van der Waals surface area contributed by atoms with Crippen LogP contribution in [0, 0.1) is 6.92 Å². The van der Waals surface area contributed by atoms with E-state index in [1.54, 1.807) is 39.0 Å². The Morgan fingerprint density at radius 2 is 1.78 bits per heavy atom. The molecule has 32 heavy (non-hydrogen) atoms. The molecule has 0 aliphatic rings. The van der Waals surface area contributed by atoms with Gasteiger partial charge in [0.25, 0.3) is 5.56 Å². The molecule has 0 fully saturated rings. The summed E-state index contributed by atoms with van der Waals surface area (Å²) in [5, 5.41) is 8.08. The summed E-state index contributed by atoms with van der Waals surface area (Å²) in [5.74, 6) is -0.239. The predicted octanol–water partition coefficient (Wildman–Crippen LogP) is 2.38. The molecule has 1 heterocycles. The first-order valence-electron chi connectivity index (χ1n) is 10.2. The fraction of sp³-hybridized carbons (Fsp3) is 0.318. The molecule has 0 atom stereocenters. The van der Waals surface area contributed by atoms with Crippen LogP contribution >= 0.6 is 0 Å². The summed E-state index contributed by atoms with van der Waals surface area (Å²) in [7, 11) is -2.30. The van der Waals surface area contributed by atoms with Crippen LogP contribution in [0.5, 0.6) is 5.75 Å². The van der Waals surface area contributed by atoms with Crippen molar-refractivity contribution < 1.29 is 17.9 Å². The predicted molar refractivity (Wildman–Crippen MR) is 122 cm³/mol. The van der Waals surface area contributed by atoms with Gasteiger partial charge in [-0.3, -0.25) is 9.59 Å². The smallest absolute Gasteiger partial charge is 0.275 e. The molecule has 170 valence electrons. The Morgan fingerprint density at radius 1 is 1.12 bits per heavy atom. The van der Waals surface area contributed by atoms with Gasteiger partial charge in [0, 0.05) is 18.5 Å². The number of benzene rings is 2. The average molecular weight is 459 g/mol. The van der Waals surface area contributed by atoms with E-state index in [2.05, 4.69) is 10.4 Å². The van der Waals surface area contributed by atoms with E-state index in [0.29, 0.717) is 29.9 Å². The highest BCUT2D eigenvalue weighted by Gasteiger charge is 2.23. The summed E-state index contributed by atoms with van der Waals surface area (Å²) < 4.78 is 33.4. The second-order valence-corrected chi connectivity index (χ2v) is 9.03. The zero-order valence-corrected chi connectivity index (χ0v) is 19.3. The first-order valence-corrected chi connectivity index (χ1v) is 11.6. The number of carbonyl (C=O) groups excluding carboxylic acids is 1. The molecule has 0 bridgehead atoms. The third-order valence-electron chi connectivity index (χ3n) is 5.13. The molecule has 0 aliphatic carbocycles. The Hall–Kier alpha value is -3.24. The lowest BCUT2D eigenvalue weighted by molar-refractivity contribution is -0.117. The molecule has 1 N–H and O–H groups in total. The van der Waals surface area contributed by atoms with Crippen LogP contribution in [0.2, 0.25) is 0 Å². The Kier molecular flexibility index (Phi) is 6.95. The standard InChI is InChI=1S/C22H26N4O5S/c1-5-25(6-2)32(29,30)16-11-12-20(31-4)19(13-16)23-21(27)14-26-22(28)18-10-8-7-9-17(18)15(3)24-26/h7-13H,5-6,14H2,1-4H3,(H,23,27). The van der Waals surface area contributed by atoms with Crippen molar-refractivity contribution in [1.82, 2.24) is 14.1 Å². The van der Waals surface area contributed by atoms with E-state index in [-0.39, 0.29) is 22.7 Å². The molecule has 2 aromatic carbocycles. The number of methoxy groups -OCH3 is 1. The van der Waals surface area contributed by atoms with Crippen LogP contribution in [0.1, 0.15) is 19.5 Å². The molecule has 3 rings (SSSR count). The molecule has 9 nitrogen and oxygen atoms in total. The summed E-state index contributed by atoms with van der Waals surface area (Å²) in [6, 6.07) is 11.3. The molecular formula is C22H26N4O5S. The number of rotatable bonds is 8. The quantitative estimate of drug-likeness (QED) is 0.555. The van der Waals surface area contributed by atoms with Crippen molar-refractivity contribution in [2.45, 2.75) is 32.2 Å². The number of sulfonamides is 1. The van der Waals surface area contributed by atoms with E-state index in [1.807, 2.05) is 6.07 Å². The van der Waals surface area contributed by atoms with Crippen molar-refractivity contribution in [3.63, 3.8) is 0 Å². The van der Waals surface area contributed by atoms with Gasteiger partial charge in [-0.15, -0.1) is 0 Å². The van der Waals surface area contributed by atoms with Gasteiger partial charge >= 0.3 is 0 Å². The first kappa shape index (κ1) is 23.4. The number of carbonyl (C=O) groups is 1. The van der Waals surface area contributed by atoms with Crippen molar-refractivity contribution in [2.24, 2.45) is 0 Å². The molecule has 0 radical (unpaired) electrons. The highest BCUT2D eigenvalue weighted by Crippen LogP contribution is 2.29. The Morgan fingerprint density at radius 3 is 2.41 bits per heavy atom. The van der Waals surface area contributed by atoms with Gasteiger partial charge in [-0.05, 0) is 31.2 Å². The minimum absolute atomic E-state index is 0.0362. The van der Waals surface area contributed by atoms with Crippen molar-refractivity contribution in [3.05, 3.63) is 58.5 Å². The molecule has 0 spiro atoms. The number of aryl methyl sites for hydroxylation is 1. The van der Waals surface area contributed by atoms with Crippen molar-refractivity contribution in [2.75, 3.05) is 25.5 Å². The summed E-state index contributed by atoms with van der Waals surface area (Å²) in [6.07, 6.45) is 0. The van der Waals surface area contributed by atoms with Crippen LogP contribution in [0.15, 0.2) is 52.2 Å². The number of hydrogen-bond acceptors (Lipinski definition) is 6. The van der Waals surface area contributed by atoms with Crippen molar-refractivity contribution >= 4 is 32.4 Å². The first-order chi connectivity index (χ1) is 15.2. The minimum Gasteiger partial charge on any atom is -0.495 e. The zero-order valence-electron chi connectivity index (χ0n) is 18.5. The maximum Gasteiger partial charge on any atom is 0.275 e. The normalized spacial score (nSPS) is 11.7. The van der Waals surface area contributed by atoms with Gasteiger partial charge in [0.05, 0.1) is 28.8 Å². The summed E-state index contributed by atoms with van der Waals surface area (Å²) in [6.45, 7) is 5.58. The van der Waals surface area contributed by atoms with Gasteiger partial charge in [-0.25, -0.2) is 13.1 Å². The number of fused-ring (bicyclic) bond motifs is 1. The highest BCUT2D eigenvalue weighted by atomic mass is 32.2. The van der Waals surface area contributed by atoms with E-state index in [4.69, 9.17) is 4.74 Å². The number of hydrogen-bond donors (Lipinski definition) is 1. The molecular weight excluding hydrogens is 432 g/mol. The number of nitrogens with one attached hydrogen (secondary N) is 1. The van der Waals surface area contributed by atoms with Gasteiger partial charge in [0.1, 0.15) is 12.3 Å². The van der Waals surface area contributed by atoms with Crippen LogP contribution in [0.25, 0.3) is 10.8 Å². The summed E-state index contributed by atoms with van der Waals surface area (Å²) in [4.78, 5) is 25.5. The molecule has 0 unspecified atom stereocenters. The SMILES string of the molecule is CCN(CC)S(=O)(=O)c1ccc(OC)c(NC(=O)Cn2nc(C)c3ccccc3c2=O)c1. The third-order valence-corrected chi connectivity index (χ3v) is 7.18. The van der Waals surface area contributed by atoms with E-state index in [1.165, 1.54) is 29.6 Å². The van der Waals surface area contributed by atoms with Crippen molar-refractivity contribution in [3.8, 4) is 5.75 Å². The molecule has 3 aromatic rings. The fourth-order valence-corrected chi connectivity index (χ4v) is 4.98. The highest BCUT2D eigenvalue weighted by molar-refractivity contribution is 7.89. The van der Waals surface area contributed by atoms with Gasteiger partial charge < -0.3 is 10.1 Å². The topological polar surface area (TPSA) is 111 Å². The van der Waals surface area contributed by atoms with Gasteiger partial charge in [0.15, 0.2) is 0 Å². The number of amides is 1.